The van der Waals surface area contributed by atoms with Crippen molar-refractivity contribution in [3.05, 3.63) is 0 Å². The molecule has 1 atom stereocenters. The highest BCUT2D eigenvalue weighted by Crippen LogP contribution is 2.06. The number of carbonyl (C=O) groups is 2. The van der Waals surface area contributed by atoms with Gasteiger partial charge >= 0.3 is 0 Å². The molecule has 100 valence electrons. The first-order valence-electron chi connectivity index (χ1n) is 6.00. The zero-order valence-corrected chi connectivity index (χ0v) is 11.5. The number of rotatable bonds is 6. The zero-order chi connectivity index (χ0) is 13.6. The fraction of sp³-hybridized carbons (Fsp3) is 0.833. The molecule has 0 aromatic heterocycles. The number of nitrogens with two attached hydrogens (primary N) is 1. The molecule has 0 aliphatic rings. The van der Waals surface area contributed by atoms with Gasteiger partial charge < -0.3 is 16.0 Å². The Bertz CT molecular complexity index is 271. The van der Waals surface area contributed by atoms with E-state index >= 15 is 0 Å². The smallest absolute Gasteiger partial charge is 0.244 e. The van der Waals surface area contributed by atoms with E-state index in [0.29, 0.717) is 19.4 Å². The maximum Gasteiger partial charge on any atom is 0.244 e. The first kappa shape index (κ1) is 15.9. The van der Waals surface area contributed by atoms with Gasteiger partial charge in [0, 0.05) is 25.6 Å². The Kier molecular flexibility index (Phi) is 6.16. The topological polar surface area (TPSA) is 75.4 Å². The van der Waals surface area contributed by atoms with Crippen LogP contribution in [0.25, 0.3) is 0 Å². The van der Waals surface area contributed by atoms with Gasteiger partial charge in [-0.25, -0.2) is 0 Å². The molecule has 0 bridgehead atoms. The predicted octanol–water partition coefficient (Wildman–Crippen LogP) is 0.487. The van der Waals surface area contributed by atoms with E-state index in [1.165, 1.54) is 0 Å². The molecule has 0 aliphatic heterocycles. The van der Waals surface area contributed by atoms with Crippen LogP contribution < -0.4 is 11.1 Å². The van der Waals surface area contributed by atoms with E-state index in [2.05, 4.69) is 5.32 Å². The first-order valence-corrected chi connectivity index (χ1v) is 6.00. The Hall–Kier alpha value is -1.10. The average Bonchev–Trinajstić information content (AvgIpc) is 2.23. The summed E-state index contributed by atoms with van der Waals surface area (Å²) in [6, 6.07) is -0.478. The van der Waals surface area contributed by atoms with E-state index in [4.69, 9.17) is 5.73 Å². The van der Waals surface area contributed by atoms with Crippen LogP contribution >= 0.6 is 0 Å². The summed E-state index contributed by atoms with van der Waals surface area (Å²) in [5.41, 5.74) is 5.43. The van der Waals surface area contributed by atoms with Gasteiger partial charge in [-0.15, -0.1) is 0 Å². The molecule has 5 heteroatoms. The molecule has 0 aliphatic carbocycles. The second kappa shape index (κ2) is 6.59. The standard InChI is InChI=1S/C12H25N3O2/c1-6-15(5)11(17)9(2)14-10(16)7-8-12(3,4)13/h9H,6-8,13H2,1-5H3,(H,14,16). The van der Waals surface area contributed by atoms with Crippen LogP contribution in [-0.4, -0.2) is 41.9 Å². The third kappa shape index (κ3) is 6.94. The predicted molar refractivity (Wildman–Crippen MR) is 68.4 cm³/mol. The zero-order valence-electron chi connectivity index (χ0n) is 11.5. The summed E-state index contributed by atoms with van der Waals surface area (Å²) in [6.45, 7) is 7.97. The molecule has 0 rings (SSSR count). The highest BCUT2D eigenvalue weighted by Gasteiger charge is 2.19. The van der Waals surface area contributed by atoms with Crippen LogP contribution in [0.15, 0.2) is 0 Å². The maximum absolute atomic E-state index is 11.7. The number of nitrogens with one attached hydrogen (secondary N) is 1. The Morgan fingerprint density at radius 1 is 1.41 bits per heavy atom. The molecule has 0 saturated heterocycles. The number of hydrogen-bond donors (Lipinski definition) is 2. The van der Waals surface area contributed by atoms with Gasteiger partial charge in [-0.2, -0.15) is 0 Å². The van der Waals surface area contributed by atoms with Gasteiger partial charge in [-0.05, 0) is 34.1 Å². The van der Waals surface area contributed by atoms with Gasteiger partial charge in [0.2, 0.25) is 11.8 Å². The van der Waals surface area contributed by atoms with Crippen LogP contribution in [0.4, 0.5) is 0 Å². The third-order valence-corrected chi connectivity index (χ3v) is 2.59. The van der Waals surface area contributed by atoms with Crippen LogP contribution in [0.3, 0.4) is 0 Å². The minimum atomic E-state index is -0.478. The molecule has 0 fully saturated rings. The van der Waals surface area contributed by atoms with Crippen LogP contribution in [0.5, 0.6) is 0 Å². The Morgan fingerprint density at radius 2 is 1.94 bits per heavy atom. The van der Waals surface area contributed by atoms with Crippen molar-refractivity contribution in [2.45, 2.75) is 52.1 Å². The minimum absolute atomic E-state index is 0.0761. The van der Waals surface area contributed by atoms with Gasteiger partial charge in [-0.3, -0.25) is 9.59 Å². The summed E-state index contributed by atoms with van der Waals surface area (Å²) < 4.78 is 0. The summed E-state index contributed by atoms with van der Waals surface area (Å²) in [5, 5.41) is 2.68. The van der Waals surface area contributed by atoms with Crippen molar-refractivity contribution in [2.75, 3.05) is 13.6 Å². The highest BCUT2D eigenvalue weighted by atomic mass is 16.2. The van der Waals surface area contributed by atoms with Crippen LogP contribution in [0, 0.1) is 0 Å². The lowest BCUT2D eigenvalue weighted by Crippen LogP contribution is -2.46. The van der Waals surface area contributed by atoms with Crippen LogP contribution in [-0.2, 0) is 9.59 Å². The first-order chi connectivity index (χ1) is 7.67. The van der Waals surface area contributed by atoms with E-state index < -0.39 is 6.04 Å². The molecule has 0 saturated carbocycles. The number of hydrogen-bond acceptors (Lipinski definition) is 3. The molecule has 2 amide bonds. The molecule has 17 heavy (non-hydrogen) atoms. The molecule has 0 radical (unpaired) electrons. The summed E-state index contributed by atoms with van der Waals surface area (Å²) in [6.07, 6.45) is 0.945. The molecule has 1 unspecified atom stereocenters. The molecule has 0 heterocycles. The number of likely N-dealkylation sites (N-methyl/N-ethyl adjacent to an activating group) is 1. The largest absolute Gasteiger partial charge is 0.345 e. The maximum atomic E-state index is 11.7. The molecule has 0 aromatic carbocycles. The van der Waals surface area contributed by atoms with Crippen LogP contribution in [0.2, 0.25) is 0 Å². The SMILES string of the molecule is CCN(C)C(=O)C(C)NC(=O)CCC(C)(C)N. The monoisotopic (exact) mass is 243 g/mol. The second-order valence-corrected chi connectivity index (χ2v) is 5.13. The van der Waals surface area contributed by atoms with E-state index in [1.54, 1.807) is 18.9 Å². The normalized spacial score (nSPS) is 13.1. The number of nitrogens with zero attached hydrogens (tertiary/aromatic N) is 1. The van der Waals surface area contributed by atoms with Gasteiger partial charge in [-0.1, -0.05) is 0 Å². The summed E-state index contributed by atoms with van der Waals surface area (Å²) >= 11 is 0. The van der Waals surface area contributed by atoms with E-state index in [0.717, 1.165) is 0 Å². The number of amides is 2. The van der Waals surface area contributed by atoms with Gasteiger partial charge in [0.05, 0.1) is 0 Å². The lowest BCUT2D eigenvalue weighted by Gasteiger charge is -2.22. The van der Waals surface area contributed by atoms with Gasteiger partial charge in [0.15, 0.2) is 0 Å². The quantitative estimate of drug-likeness (QED) is 0.713. The Balaban J connectivity index is 4.08. The van der Waals surface area contributed by atoms with Crippen molar-refractivity contribution in [2.24, 2.45) is 5.73 Å². The molecule has 0 aromatic rings. The lowest BCUT2D eigenvalue weighted by atomic mass is 10.00. The van der Waals surface area contributed by atoms with E-state index in [9.17, 15) is 9.59 Å². The van der Waals surface area contributed by atoms with Crippen molar-refractivity contribution in [3.63, 3.8) is 0 Å². The Labute approximate surface area is 104 Å². The van der Waals surface area contributed by atoms with Crippen molar-refractivity contribution in [1.29, 1.82) is 0 Å². The van der Waals surface area contributed by atoms with Crippen molar-refractivity contribution < 1.29 is 9.59 Å². The number of carbonyl (C=O) groups excluding carboxylic acids is 2. The van der Waals surface area contributed by atoms with Gasteiger partial charge in [0.1, 0.15) is 6.04 Å². The average molecular weight is 243 g/mol. The van der Waals surface area contributed by atoms with E-state index in [1.807, 2.05) is 20.8 Å². The second-order valence-electron chi connectivity index (χ2n) is 5.13. The lowest BCUT2D eigenvalue weighted by molar-refractivity contribution is -0.134. The summed E-state index contributed by atoms with van der Waals surface area (Å²) in [7, 11) is 1.72. The minimum Gasteiger partial charge on any atom is -0.345 e. The van der Waals surface area contributed by atoms with Crippen molar-refractivity contribution in [3.8, 4) is 0 Å². The molecule has 3 N–H and O–H groups in total. The fourth-order valence-electron chi connectivity index (χ4n) is 1.30. The molecular formula is C12H25N3O2. The highest BCUT2D eigenvalue weighted by molar-refractivity contribution is 5.87. The van der Waals surface area contributed by atoms with Crippen molar-refractivity contribution >= 4 is 11.8 Å². The molecule has 5 nitrogen and oxygen atoms in total. The summed E-state index contributed by atoms with van der Waals surface area (Å²) in [4.78, 5) is 24.9. The Morgan fingerprint density at radius 3 is 2.35 bits per heavy atom. The van der Waals surface area contributed by atoms with Gasteiger partial charge in [0.25, 0.3) is 0 Å². The molecular weight excluding hydrogens is 218 g/mol. The third-order valence-electron chi connectivity index (χ3n) is 2.59. The molecule has 0 spiro atoms. The fourth-order valence-corrected chi connectivity index (χ4v) is 1.30. The van der Waals surface area contributed by atoms with Crippen LogP contribution in [0.1, 0.15) is 40.5 Å². The van der Waals surface area contributed by atoms with Crippen molar-refractivity contribution in [1.82, 2.24) is 10.2 Å². The summed E-state index contributed by atoms with van der Waals surface area (Å²) in [5.74, 6) is -0.207. The van der Waals surface area contributed by atoms with E-state index in [-0.39, 0.29) is 17.4 Å².